The number of aryl methyl sites for hydroxylation is 1. The second-order valence-corrected chi connectivity index (χ2v) is 7.73. The summed E-state index contributed by atoms with van der Waals surface area (Å²) in [4.78, 5) is 19.2. The van der Waals surface area contributed by atoms with E-state index in [4.69, 9.17) is 4.74 Å². The first-order chi connectivity index (χ1) is 15.7. The average Bonchev–Trinajstić information content (AvgIpc) is 2.81. The number of aliphatic hydroxyl groups excluding tert-OH is 1. The zero-order valence-corrected chi connectivity index (χ0v) is 17.8. The molecule has 10 heteroatoms. The molecule has 0 bridgehead atoms. The minimum Gasteiger partial charge on any atom is -0.378 e. The number of hydrogen-bond donors (Lipinski definition) is 3. The smallest absolute Gasteiger partial charge is 0.378 e. The summed E-state index contributed by atoms with van der Waals surface area (Å²) in [5.41, 5.74) is 1.58. The van der Waals surface area contributed by atoms with Gasteiger partial charge in [-0.15, -0.1) is 0 Å². The molecule has 1 fully saturated rings. The van der Waals surface area contributed by atoms with Crippen molar-refractivity contribution in [3.63, 3.8) is 0 Å². The predicted octanol–water partition coefficient (Wildman–Crippen LogP) is 3.22. The number of ether oxygens (including phenoxy) is 1. The quantitative estimate of drug-likeness (QED) is 0.655. The Morgan fingerprint density at radius 3 is 2.70 bits per heavy atom. The van der Waals surface area contributed by atoms with Crippen LogP contribution in [0.1, 0.15) is 27.0 Å². The average molecular weight is 460 g/mol. The first-order valence-corrected chi connectivity index (χ1v) is 10.4. The van der Waals surface area contributed by atoms with Crippen molar-refractivity contribution in [2.75, 3.05) is 31.6 Å². The van der Waals surface area contributed by atoms with E-state index < -0.39 is 23.9 Å². The van der Waals surface area contributed by atoms with E-state index in [1.807, 2.05) is 11.8 Å². The number of carbonyl (C=O) groups excluding carboxylic acids is 1. The van der Waals surface area contributed by atoms with Crippen LogP contribution in [0.2, 0.25) is 0 Å². The van der Waals surface area contributed by atoms with Gasteiger partial charge in [-0.1, -0.05) is 12.1 Å². The number of hydrogen-bond acceptors (Lipinski definition) is 6. The van der Waals surface area contributed by atoms with Crippen LogP contribution in [0.4, 0.5) is 18.9 Å². The van der Waals surface area contributed by atoms with Crippen molar-refractivity contribution in [2.24, 2.45) is 4.99 Å². The van der Waals surface area contributed by atoms with E-state index in [0.29, 0.717) is 49.1 Å². The summed E-state index contributed by atoms with van der Waals surface area (Å²) in [6.45, 7) is 4.18. The lowest BCUT2D eigenvalue weighted by atomic mass is 10.0. The minimum atomic E-state index is -4.53. The number of nitrogens with zero attached hydrogens (tertiary/aromatic N) is 2. The molecular weight excluding hydrogens is 437 g/mol. The van der Waals surface area contributed by atoms with Crippen LogP contribution in [0.3, 0.4) is 0 Å². The summed E-state index contributed by atoms with van der Waals surface area (Å²) in [6, 6.07) is 9.42. The molecule has 2 aliphatic heterocycles. The third kappa shape index (κ3) is 5.18. The number of amidine groups is 1. The molecule has 3 N–H and O–H groups in total. The number of nitrogens with one attached hydrogen (secondary N) is 2. The molecule has 1 atom stereocenters. The third-order valence-electron chi connectivity index (χ3n) is 5.42. The zero-order chi connectivity index (χ0) is 23.6. The molecule has 0 aromatic heterocycles. The Morgan fingerprint density at radius 2 is 1.97 bits per heavy atom. The first kappa shape index (κ1) is 22.8. The van der Waals surface area contributed by atoms with E-state index in [1.54, 1.807) is 24.4 Å². The van der Waals surface area contributed by atoms with Crippen molar-refractivity contribution in [3.8, 4) is 0 Å². The van der Waals surface area contributed by atoms with Crippen molar-refractivity contribution in [1.82, 2.24) is 10.2 Å². The molecule has 0 saturated carbocycles. The number of aliphatic hydroxyl groups is 1. The molecule has 33 heavy (non-hydrogen) atoms. The maximum Gasteiger partial charge on any atom is 0.416 e. The number of rotatable bonds is 3. The molecular formula is C23H23F3N4O3. The maximum atomic E-state index is 13.0. The summed E-state index contributed by atoms with van der Waals surface area (Å²) in [5, 5.41) is 15.9. The fraction of sp³-hybridized carbons (Fsp3) is 0.304. The molecule has 1 unspecified atom stereocenters. The van der Waals surface area contributed by atoms with Crippen LogP contribution in [0, 0.1) is 6.92 Å². The minimum absolute atomic E-state index is 0.0961. The van der Waals surface area contributed by atoms with Crippen LogP contribution in [0.25, 0.3) is 5.70 Å². The number of anilines is 1. The monoisotopic (exact) mass is 460 g/mol. The molecule has 4 rings (SSSR count). The van der Waals surface area contributed by atoms with Crippen LogP contribution in [0.15, 0.2) is 53.7 Å². The van der Waals surface area contributed by atoms with Gasteiger partial charge in [0, 0.05) is 36.1 Å². The Morgan fingerprint density at radius 1 is 1.21 bits per heavy atom. The number of halogens is 3. The van der Waals surface area contributed by atoms with Gasteiger partial charge in [0.2, 0.25) is 0 Å². The number of alkyl halides is 3. The second kappa shape index (κ2) is 9.24. The van der Waals surface area contributed by atoms with E-state index in [0.717, 1.165) is 17.7 Å². The molecule has 174 valence electrons. The van der Waals surface area contributed by atoms with Gasteiger partial charge in [0.05, 0.1) is 24.5 Å². The number of benzene rings is 2. The second-order valence-electron chi connectivity index (χ2n) is 7.73. The Labute approximate surface area is 188 Å². The van der Waals surface area contributed by atoms with Crippen molar-refractivity contribution in [2.45, 2.75) is 19.3 Å². The normalized spacial score (nSPS) is 18.8. The Balaban J connectivity index is 1.57. The van der Waals surface area contributed by atoms with Gasteiger partial charge in [-0.2, -0.15) is 13.2 Å². The van der Waals surface area contributed by atoms with Gasteiger partial charge in [-0.25, -0.2) is 4.99 Å². The largest absolute Gasteiger partial charge is 0.416 e. The van der Waals surface area contributed by atoms with Crippen molar-refractivity contribution in [1.29, 1.82) is 0 Å². The number of aliphatic imine (C=N–C) groups is 1. The lowest BCUT2D eigenvalue weighted by Gasteiger charge is -2.33. The standard InChI is InChI=1S/C23H23F3N4O3/c1-14-5-6-17(28-21(31)15-3-2-4-16(11-15)23(24,25)26)12-18(14)19-13-27-22(32)20(29-19)30-7-9-33-10-8-30/h2-6,11-13,22,27,32H,7-10H2,1H3,(H,28,31). The first-order valence-electron chi connectivity index (χ1n) is 10.4. The van der Waals surface area contributed by atoms with Crippen molar-refractivity contribution >= 4 is 23.1 Å². The van der Waals surface area contributed by atoms with Gasteiger partial charge < -0.3 is 25.4 Å². The highest BCUT2D eigenvalue weighted by Gasteiger charge is 2.31. The summed E-state index contributed by atoms with van der Waals surface area (Å²) in [7, 11) is 0. The highest BCUT2D eigenvalue weighted by atomic mass is 19.4. The van der Waals surface area contributed by atoms with E-state index in [2.05, 4.69) is 15.6 Å². The van der Waals surface area contributed by atoms with Crippen LogP contribution in [-0.2, 0) is 10.9 Å². The van der Waals surface area contributed by atoms with E-state index in [1.165, 1.54) is 12.1 Å². The molecule has 0 aliphatic carbocycles. The summed E-state index contributed by atoms with van der Waals surface area (Å²) in [6.07, 6.45) is -3.89. The Bertz CT molecular complexity index is 1110. The van der Waals surface area contributed by atoms with E-state index >= 15 is 0 Å². The van der Waals surface area contributed by atoms with Crippen LogP contribution < -0.4 is 10.6 Å². The lowest BCUT2D eigenvalue weighted by Crippen LogP contribution is -2.50. The molecule has 0 spiro atoms. The Kier molecular flexibility index (Phi) is 6.39. The van der Waals surface area contributed by atoms with Crippen molar-refractivity contribution < 1.29 is 27.8 Å². The SMILES string of the molecule is Cc1ccc(NC(=O)c2cccc(C(F)(F)F)c2)cc1C1=CNC(O)C(N2CCOCC2)=N1. The van der Waals surface area contributed by atoms with Gasteiger partial charge in [-0.3, -0.25) is 4.79 Å². The topological polar surface area (TPSA) is 86.2 Å². The van der Waals surface area contributed by atoms with Gasteiger partial charge in [-0.05, 0) is 42.8 Å². The molecule has 7 nitrogen and oxygen atoms in total. The molecule has 2 heterocycles. The highest BCUT2D eigenvalue weighted by Crippen LogP contribution is 2.30. The third-order valence-corrected chi connectivity index (χ3v) is 5.42. The van der Waals surface area contributed by atoms with Gasteiger partial charge in [0.1, 0.15) is 0 Å². The van der Waals surface area contributed by atoms with Crippen LogP contribution >= 0.6 is 0 Å². The van der Waals surface area contributed by atoms with E-state index in [9.17, 15) is 23.1 Å². The zero-order valence-electron chi connectivity index (χ0n) is 17.8. The van der Waals surface area contributed by atoms with Crippen LogP contribution in [-0.4, -0.2) is 54.3 Å². The lowest BCUT2D eigenvalue weighted by molar-refractivity contribution is -0.137. The summed E-state index contributed by atoms with van der Waals surface area (Å²) < 4.78 is 44.3. The predicted molar refractivity (Wildman–Crippen MR) is 118 cm³/mol. The fourth-order valence-corrected chi connectivity index (χ4v) is 3.64. The molecule has 1 saturated heterocycles. The molecule has 2 aromatic carbocycles. The van der Waals surface area contributed by atoms with Crippen LogP contribution in [0.5, 0.6) is 0 Å². The highest BCUT2D eigenvalue weighted by molar-refractivity contribution is 6.04. The summed E-state index contributed by atoms with van der Waals surface area (Å²) in [5.74, 6) is -0.173. The van der Waals surface area contributed by atoms with Gasteiger partial charge in [0.25, 0.3) is 5.91 Å². The molecule has 0 radical (unpaired) electrons. The van der Waals surface area contributed by atoms with Crippen molar-refractivity contribution in [3.05, 3.63) is 70.9 Å². The van der Waals surface area contributed by atoms with E-state index in [-0.39, 0.29) is 5.56 Å². The summed E-state index contributed by atoms with van der Waals surface area (Å²) >= 11 is 0. The number of morpholine rings is 1. The Hall–Kier alpha value is -3.37. The molecule has 2 aromatic rings. The number of carbonyl (C=O) groups is 1. The molecule has 2 aliphatic rings. The maximum absolute atomic E-state index is 13.0. The molecule has 1 amide bonds. The number of amides is 1. The van der Waals surface area contributed by atoms with Gasteiger partial charge >= 0.3 is 6.18 Å². The fourth-order valence-electron chi connectivity index (χ4n) is 3.64. The van der Waals surface area contributed by atoms with Gasteiger partial charge in [0.15, 0.2) is 12.1 Å².